The molecule has 3 rings (SSSR count). The number of carboxylic acids is 1. The zero-order valence-electron chi connectivity index (χ0n) is 26.1. The minimum absolute atomic E-state index is 0.0651. The van der Waals surface area contributed by atoms with E-state index in [1.165, 1.54) is 0 Å². The molecule has 9 heteroatoms. The van der Waals surface area contributed by atoms with Crippen LogP contribution in [0, 0.1) is 17.8 Å². The smallest absolute Gasteiger partial charge is 0.327 e. The van der Waals surface area contributed by atoms with E-state index in [1.807, 2.05) is 70.7 Å². The van der Waals surface area contributed by atoms with Crippen molar-refractivity contribution in [1.82, 2.24) is 15.1 Å². The Bertz CT molecular complexity index is 1220. The number of carbonyl (C=O) groups is 4. The van der Waals surface area contributed by atoms with Crippen molar-refractivity contribution in [2.24, 2.45) is 10.8 Å². The van der Waals surface area contributed by atoms with Gasteiger partial charge in [0.1, 0.15) is 22.9 Å². The van der Waals surface area contributed by atoms with Gasteiger partial charge in [0.05, 0.1) is 11.6 Å². The van der Waals surface area contributed by atoms with Crippen LogP contribution in [0.4, 0.5) is 4.79 Å². The highest BCUT2D eigenvalue weighted by atomic mass is 16.5. The lowest BCUT2D eigenvalue weighted by molar-refractivity contribution is -0.201. The molecule has 1 saturated heterocycles. The van der Waals surface area contributed by atoms with Crippen LogP contribution in [0.5, 0.6) is 0 Å². The molecule has 0 bridgehead atoms. The number of aryl methyl sites for hydroxylation is 1. The van der Waals surface area contributed by atoms with Crippen LogP contribution in [0.1, 0.15) is 90.8 Å². The second kappa shape index (κ2) is 13.2. The van der Waals surface area contributed by atoms with Crippen LogP contribution in [0.2, 0.25) is 0 Å². The second-order valence-electron chi connectivity index (χ2n) is 11.6. The number of carbonyl (C=O) groups excluding carboxylic acids is 3. The van der Waals surface area contributed by atoms with Gasteiger partial charge < -0.3 is 20.0 Å². The fraction of sp³-hybridized carbons (Fsp3) is 0.576. The third-order valence-electron chi connectivity index (χ3n) is 9.46. The topological polar surface area (TPSA) is 116 Å². The van der Waals surface area contributed by atoms with Crippen molar-refractivity contribution in [1.29, 1.82) is 0 Å². The summed E-state index contributed by atoms with van der Waals surface area (Å²) < 4.78 is 6.49. The Balaban J connectivity index is 2.01. The number of carboxylic acid groups (broad SMARTS) is 1. The van der Waals surface area contributed by atoms with Gasteiger partial charge in [-0.05, 0) is 63.9 Å². The van der Waals surface area contributed by atoms with Gasteiger partial charge in [0.15, 0.2) is 6.23 Å². The van der Waals surface area contributed by atoms with Crippen LogP contribution >= 0.6 is 0 Å². The lowest BCUT2D eigenvalue weighted by Gasteiger charge is -2.54. The molecule has 42 heavy (non-hydrogen) atoms. The zero-order chi connectivity index (χ0) is 31.3. The Morgan fingerprint density at radius 1 is 1.12 bits per heavy atom. The summed E-state index contributed by atoms with van der Waals surface area (Å²) in [6.45, 7) is 14.3. The van der Waals surface area contributed by atoms with Gasteiger partial charge in [-0.25, -0.2) is 9.69 Å². The number of urea groups is 1. The molecule has 0 saturated carbocycles. The van der Waals surface area contributed by atoms with Gasteiger partial charge >= 0.3 is 12.0 Å². The number of rotatable bonds is 14. The molecule has 2 aliphatic rings. The van der Waals surface area contributed by atoms with Crippen LogP contribution in [0.15, 0.2) is 48.3 Å². The summed E-state index contributed by atoms with van der Waals surface area (Å²) in [5, 5.41) is 13.4. The molecule has 0 spiro atoms. The Kier molecular flexibility index (Phi) is 10.4. The summed E-state index contributed by atoms with van der Waals surface area (Å²) in [6.07, 6.45) is 7.09. The second-order valence-corrected chi connectivity index (χ2v) is 11.6. The van der Waals surface area contributed by atoms with Crippen LogP contribution < -0.4 is 5.32 Å². The van der Waals surface area contributed by atoms with Crippen molar-refractivity contribution >= 4 is 24.2 Å². The third kappa shape index (κ3) is 5.51. The molecule has 3 amide bonds. The number of imide groups is 1. The van der Waals surface area contributed by atoms with Gasteiger partial charge in [-0.1, -0.05) is 76.9 Å². The van der Waals surface area contributed by atoms with Gasteiger partial charge in [0.25, 0.3) is 0 Å². The molecule has 4 atom stereocenters. The highest BCUT2D eigenvalue weighted by Gasteiger charge is 2.63. The first-order valence-corrected chi connectivity index (χ1v) is 15.2. The molecule has 230 valence electrons. The van der Waals surface area contributed by atoms with Crippen LogP contribution in [0.3, 0.4) is 0 Å². The van der Waals surface area contributed by atoms with Crippen LogP contribution in [-0.2, 0) is 19.1 Å². The molecule has 2 unspecified atom stereocenters. The number of aldehydes is 1. The first-order valence-electron chi connectivity index (χ1n) is 15.2. The molecular formula is C33H47N3O6. The van der Waals surface area contributed by atoms with Gasteiger partial charge in [-0.15, -0.1) is 0 Å². The minimum Gasteiger partial charge on any atom is -0.481 e. The van der Waals surface area contributed by atoms with E-state index in [0.29, 0.717) is 38.1 Å². The summed E-state index contributed by atoms with van der Waals surface area (Å²) in [5.41, 5.74) is -1.44. The lowest BCUT2D eigenvalue weighted by Crippen LogP contribution is -2.72. The Hall–Kier alpha value is -3.46. The number of hydrogen-bond acceptors (Lipinski definition) is 6. The number of nitrogens with zero attached hydrogens (tertiary/aromatic N) is 2. The highest BCUT2D eigenvalue weighted by Crippen LogP contribution is 2.50. The number of likely N-dealkylation sites (N-methyl/N-ethyl adjacent to an activating group) is 1. The average Bonchev–Trinajstić information content (AvgIpc) is 2.96. The maximum Gasteiger partial charge on any atom is 0.327 e. The van der Waals surface area contributed by atoms with Gasteiger partial charge in [0.2, 0.25) is 5.91 Å². The third-order valence-corrected chi connectivity index (χ3v) is 9.46. The SMILES string of the molecule is CCCC(NC(=O)N1C(=O)C(CC)(CC)[C@@H]1OC1=C[C@@](CC=O)(N(CC)CC)C(C)(C(=O)O)C=C1)c1ccc(C)cc1. The van der Waals surface area contributed by atoms with E-state index >= 15 is 0 Å². The van der Waals surface area contributed by atoms with Gasteiger partial charge in [-0.3, -0.25) is 14.5 Å². The molecule has 1 aliphatic carbocycles. The summed E-state index contributed by atoms with van der Waals surface area (Å²) in [5.74, 6) is -1.03. The number of β-lactam (4-membered cyclic amide) rings is 1. The van der Waals surface area contributed by atoms with Gasteiger partial charge in [-0.2, -0.15) is 0 Å². The van der Waals surface area contributed by atoms with E-state index in [-0.39, 0.29) is 18.4 Å². The first-order chi connectivity index (χ1) is 19.9. The molecular weight excluding hydrogens is 534 g/mol. The van der Waals surface area contributed by atoms with Crippen molar-refractivity contribution in [3.05, 3.63) is 59.4 Å². The molecule has 1 aromatic rings. The fourth-order valence-corrected chi connectivity index (χ4v) is 6.55. The van der Waals surface area contributed by atoms with E-state index < -0.39 is 34.6 Å². The quantitative estimate of drug-likeness (QED) is 0.212. The maximum atomic E-state index is 13.7. The van der Waals surface area contributed by atoms with E-state index in [9.17, 15) is 24.3 Å². The summed E-state index contributed by atoms with van der Waals surface area (Å²) in [4.78, 5) is 55.0. The highest BCUT2D eigenvalue weighted by molar-refractivity contribution is 6.03. The lowest BCUT2D eigenvalue weighted by atomic mass is 9.65. The van der Waals surface area contributed by atoms with E-state index in [4.69, 9.17) is 4.74 Å². The summed E-state index contributed by atoms with van der Waals surface area (Å²) in [6, 6.07) is 7.17. The van der Waals surface area contributed by atoms with Crippen LogP contribution in [0.25, 0.3) is 0 Å². The monoisotopic (exact) mass is 581 g/mol. The first kappa shape index (κ1) is 33.0. The number of likely N-dealkylation sites (tertiary alicyclic amines) is 1. The largest absolute Gasteiger partial charge is 0.481 e. The number of aliphatic carboxylic acids is 1. The number of benzene rings is 1. The van der Waals surface area contributed by atoms with E-state index in [0.717, 1.165) is 28.7 Å². The summed E-state index contributed by atoms with van der Waals surface area (Å²) >= 11 is 0. The molecule has 0 radical (unpaired) electrons. The predicted octanol–water partition coefficient (Wildman–Crippen LogP) is 5.75. The van der Waals surface area contributed by atoms with Gasteiger partial charge in [0, 0.05) is 6.42 Å². The Labute approximate surface area is 250 Å². The fourth-order valence-electron chi connectivity index (χ4n) is 6.55. The predicted molar refractivity (Wildman–Crippen MR) is 161 cm³/mol. The molecule has 1 aliphatic heterocycles. The molecule has 1 aromatic carbocycles. The standard InChI is InChI=1S/C33H47N3O6/c1-8-13-26(24-16-14-23(6)15-17-24)34-30(41)36-27(38)32(9-2,10-3)28(36)42-25-18-19-31(7,29(39)40)33(22-25,20-21-37)35(11-4)12-5/h14-19,21-22,26,28H,8-13,20H2,1-7H3,(H,34,41)(H,39,40)/t26?,28-,31?,33+/m0/s1. The number of ether oxygens (including phenoxy) is 1. The molecule has 1 heterocycles. The van der Waals surface area contributed by atoms with E-state index in [2.05, 4.69) is 5.32 Å². The average molecular weight is 582 g/mol. The van der Waals surface area contributed by atoms with Crippen molar-refractivity contribution in [2.45, 2.75) is 98.4 Å². The number of hydrogen-bond donors (Lipinski definition) is 2. The Morgan fingerprint density at radius 2 is 1.74 bits per heavy atom. The number of allylic oxidation sites excluding steroid dienone is 1. The minimum atomic E-state index is -1.41. The van der Waals surface area contributed by atoms with Crippen molar-refractivity contribution in [2.75, 3.05) is 13.1 Å². The van der Waals surface area contributed by atoms with E-state index in [1.54, 1.807) is 25.2 Å². The molecule has 1 fully saturated rings. The number of amides is 3. The van der Waals surface area contributed by atoms with Crippen molar-refractivity contribution < 1.29 is 29.0 Å². The normalized spacial score (nSPS) is 25.4. The molecule has 0 aromatic heterocycles. The molecule has 2 N–H and O–H groups in total. The number of nitrogens with one attached hydrogen (secondary N) is 1. The maximum absolute atomic E-state index is 13.7. The van der Waals surface area contributed by atoms with Crippen molar-refractivity contribution in [3.8, 4) is 0 Å². The van der Waals surface area contributed by atoms with Crippen LogP contribution in [-0.4, -0.2) is 64.0 Å². The summed E-state index contributed by atoms with van der Waals surface area (Å²) in [7, 11) is 0. The Morgan fingerprint density at radius 3 is 2.24 bits per heavy atom. The zero-order valence-corrected chi connectivity index (χ0v) is 26.1. The molecule has 9 nitrogen and oxygen atoms in total. The van der Waals surface area contributed by atoms with Crippen molar-refractivity contribution in [3.63, 3.8) is 0 Å².